The minimum absolute atomic E-state index is 0.121. The number of nitrogens with zero attached hydrogens (tertiary/aromatic N) is 2. The summed E-state index contributed by atoms with van der Waals surface area (Å²) in [5.41, 5.74) is 3.39. The average Bonchev–Trinajstić information content (AvgIpc) is 2.92. The third-order valence-corrected chi connectivity index (χ3v) is 4.04. The molecule has 1 aromatic carbocycles. The van der Waals surface area contributed by atoms with Gasteiger partial charge in [0, 0.05) is 37.9 Å². The first-order valence-corrected chi connectivity index (χ1v) is 8.18. The molecule has 5 nitrogen and oxygen atoms in total. The molecule has 0 saturated heterocycles. The number of hydrogen-bond acceptors (Lipinski definition) is 2. The number of benzene rings is 1. The fourth-order valence-corrected chi connectivity index (χ4v) is 2.83. The highest BCUT2D eigenvalue weighted by atomic mass is 16.2. The second kappa shape index (κ2) is 7.64. The molecule has 0 aliphatic carbocycles. The van der Waals surface area contributed by atoms with Gasteiger partial charge in [-0.05, 0) is 36.1 Å². The second-order valence-electron chi connectivity index (χ2n) is 5.81. The average molecular weight is 322 g/mol. The van der Waals surface area contributed by atoms with Crippen LogP contribution in [0.1, 0.15) is 11.1 Å². The molecule has 24 heavy (non-hydrogen) atoms. The van der Waals surface area contributed by atoms with Crippen molar-refractivity contribution in [3.05, 3.63) is 66.0 Å². The van der Waals surface area contributed by atoms with Gasteiger partial charge in [-0.1, -0.05) is 30.3 Å². The van der Waals surface area contributed by atoms with Crippen molar-refractivity contribution < 1.29 is 4.79 Å². The molecule has 0 aliphatic rings. The monoisotopic (exact) mass is 322 g/mol. The van der Waals surface area contributed by atoms with Crippen LogP contribution in [0.15, 0.2) is 54.9 Å². The van der Waals surface area contributed by atoms with Gasteiger partial charge in [0.1, 0.15) is 5.65 Å². The zero-order valence-electron chi connectivity index (χ0n) is 13.8. The lowest BCUT2D eigenvalue weighted by Crippen LogP contribution is -2.37. The van der Waals surface area contributed by atoms with Crippen LogP contribution in [-0.4, -0.2) is 28.7 Å². The summed E-state index contributed by atoms with van der Waals surface area (Å²) in [6, 6.07) is 14.0. The number of aryl methyl sites for hydroxylation is 1. The van der Waals surface area contributed by atoms with Crippen LogP contribution < -0.4 is 10.6 Å². The normalized spacial score (nSPS) is 10.7. The van der Waals surface area contributed by atoms with Crippen LogP contribution in [0.2, 0.25) is 0 Å². The van der Waals surface area contributed by atoms with E-state index in [9.17, 15) is 4.79 Å². The minimum atomic E-state index is -0.121. The number of rotatable bonds is 6. The molecule has 0 bridgehead atoms. The highest BCUT2D eigenvalue weighted by Crippen LogP contribution is 2.18. The van der Waals surface area contributed by atoms with Crippen molar-refractivity contribution in [2.75, 3.05) is 13.1 Å². The van der Waals surface area contributed by atoms with Crippen LogP contribution >= 0.6 is 0 Å². The van der Waals surface area contributed by atoms with Gasteiger partial charge in [0.2, 0.25) is 0 Å². The van der Waals surface area contributed by atoms with E-state index in [-0.39, 0.29) is 6.03 Å². The van der Waals surface area contributed by atoms with Gasteiger partial charge in [-0.15, -0.1) is 0 Å². The summed E-state index contributed by atoms with van der Waals surface area (Å²) in [4.78, 5) is 16.2. The van der Waals surface area contributed by atoms with Crippen molar-refractivity contribution >= 4 is 17.1 Å². The summed E-state index contributed by atoms with van der Waals surface area (Å²) in [6.45, 7) is 1.24. The molecule has 3 rings (SSSR count). The fraction of sp³-hybridized carbons (Fsp3) is 0.263. The summed E-state index contributed by atoms with van der Waals surface area (Å²) in [7, 11) is 1.99. The first kappa shape index (κ1) is 16.1. The number of amides is 2. The lowest BCUT2D eigenvalue weighted by atomic mass is 10.1. The summed E-state index contributed by atoms with van der Waals surface area (Å²) in [5, 5.41) is 6.95. The Balaban J connectivity index is 1.43. The van der Waals surface area contributed by atoms with Crippen LogP contribution in [0.5, 0.6) is 0 Å². The number of pyridine rings is 1. The van der Waals surface area contributed by atoms with E-state index in [2.05, 4.69) is 40.0 Å². The molecule has 2 aromatic heterocycles. The number of carbonyl (C=O) groups excluding carboxylic acids is 1. The zero-order chi connectivity index (χ0) is 16.8. The Bertz CT molecular complexity index is 811. The number of fused-ring (bicyclic) bond motifs is 1. The van der Waals surface area contributed by atoms with Crippen molar-refractivity contribution in [3.63, 3.8) is 0 Å². The molecule has 0 aliphatic heterocycles. The standard InChI is InChI=1S/C19H22N4O/c1-23-14-16(17-8-5-11-20-18(17)23)10-13-22-19(24)21-12-9-15-6-3-2-4-7-15/h2-8,11,14H,9-10,12-13H2,1H3,(H2,21,22,24). The molecule has 3 aromatic rings. The fourth-order valence-electron chi connectivity index (χ4n) is 2.83. The maximum atomic E-state index is 11.9. The SMILES string of the molecule is Cn1cc(CCNC(=O)NCCc2ccccc2)c2cccnc21. The van der Waals surface area contributed by atoms with Crippen LogP contribution in [0.3, 0.4) is 0 Å². The lowest BCUT2D eigenvalue weighted by molar-refractivity contribution is 0.241. The zero-order valence-corrected chi connectivity index (χ0v) is 13.8. The van der Waals surface area contributed by atoms with Crippen molar-refractivity contribution in [3.8, 4) is 0 Å². The van der Waals surface area contributed by atoms with Gasteiger partial charge < -0.3 is 15.2 Å². The lowest BCUT2D eigenvalue weighted by Gasteiger charge is -2.07. The van der Waals surface area contributed by atoms with Crippen LogP contribution in [0.4, 0.5) is 4.79 Å². The van der Waals surface area contributed by atoms with Gasteiger partial charge in [0.25, 0.3) is 0 Å². The van der Waals surface area contributed by atoms with Crippen LogP contribution in [0, 0.1) is 0 Å². The van der Waals surface area contributed by atoms with E-state index in [1.165, 1.54) is 11.1 Å². The first-order valence-electron chi connectivity index (χ1n) is 8.18. The number of hydrogen-bond donors (Lipinski definition) is 2. The molecule has 2 N–H and O–H groups in total. The molecule has 5 heteroatoms. The van der Waals surface area contributed by atoms with E-state index >= 15 is 0 Å². The Morgan fingerprint density at radius 3 is 2.58 bits per heavy atom. The predicted octanol–water partition coefficient (Wildman–Crippen LogP) is 2.66. The van der Waals surface area contributed by atoms with Crippen molar-refractivity contribution in [2.45, 2.75) is 12.8 Å². The van der Waals surface area contributed by atoms with E-state index < -0.39 is 0 Å². The van der Waals surface area contributed by atoms with E-state index in [0.717, 1.165) is 23.9 Å². The van der Waals surface area contributed by atoms with Crippen molar-refractivity contribution in [2.24, 2.45) is 7.05 Å². The molecule has 0 unspecified atom stereocenters. The highest BCUT2D eigenvalue weighted by Gasteiger charge is 2.07. The Hall–Kier alpha value is -2.82. The summed E-state index contributed by atoms with van der Waals surface area (Å²) in [6.07, 6.45) is 5.50. The smallest absolute Gasteiger partial charge is 0.314 e. The Morgan fingerprint density at radius 2 is 1.79 bits per heavy atom. The largest absolute Gasteiger partial charge is 0.338 e. The summed E-state index contributed by atoms with van der Waals surface area (Å²) in [5.74, 6) is 0. The van der Waals surface area contributed by atoms with Crippen molar-refractivity contribution in [1.29, 1.82) is 0 Å². The number of carbonyl (C=O) groups is 1. The summed E-state index contributed by atoms with van der Waals surface area (Å²) >= 11 is 0. The van der Waals surface area contributed by atoms with Crippen LogP contribution in [0.25, 0.3) is 11.0 Å². The first-order chi connectivity index (χ1) is 11.7. The molecule has 124 valence electrons. The molecule has 0 spiro atoms. The van der Waals surface area contributed by atoms with Crippen LogP contribution in [-0.2, 0) is 19.9 Å². The maximum Gasteiger partial charge on any atom is 0.314 e. The Labute approximate surface area is 141 Å². The van der Waals surface area contributed by atoms with E-state index in [0.29, 0.717) is 13.1 Å². The molecule has 2 heterocycles. The van der Waals surface area contributed by atoms with Gasteiger partial charge >= 0.3 is 6.03 Å². The molecule has 0 radical (unpaired) electrons. The molecular weight excluding hydrogens is 300 g/mol. The van der Waals surface area contributed by atoms with Gasteiger partial charge in [-0.25, -0.2) is 9.78 Å². The quantitative estimate of drug-likeness (QED) is 0.733. The van der Waals surface area contributed by atoms with E-state index in [1.54, 1.807) is 6.20 Å². The predicted molar refractivity (Wildman–Crippen MR) is 96.0 cm³/mol. The topological polar surface area (TPSA) is 59.0 Å². The van der Waals surface area contributed by atoms with Gasteiger partial charge in [0.15, 0.2) is 0 Å². The van der Waals surface area contributed by atoms with Gasteiger partial charge in [0.05, 0.1) is 0 Å². The molecule has 2 amide bonds. The van der Waals surface area contributed by atoms with Gasteiger partial charge in [-0.2, -0.15) is 0 Å². The molecule has 0 fully saturated rings. The van der Waals surface area contributed by atoms with Crippen molar-refractivity contribution in [1.82, 2.24) is 20.2 Å². The third-order valence-electron chi connectivity index (χ3n) is 4.04. The molecule has 0 atom stereocenters. The van der Waals surface area contributed by atoms with E-state index in [4.69, 9.17) is 0 Å². The number of urea groups is 1. The van der Waals surface area contributed by atoms with Gasteiger partial charge in [-0.3, -0.25) is 0 Å². The number of aromatic nitrogens is 2. The molecule has 0 saturated carbocycles. The summed E-state index contributed by atoms with van der Waals surface area (Å²) < 4.78 is 2.02. The third kappa shape index (κ3) is 3.93. The minimum Gasteiger partial charge on any atom is -0.338 e. The van der Waals surface area contributed by atoms with E-state index in [1.807, 2.05) is 35.9 Å². The Morgan fingerprint density at radius 1 is 1.04 bits per heavy atom. The second-order valence-corrected chi connectivity index (χ2v) is 5.81. The Kier molecular flexibility index (Phi) is 5.11. The number of nitrogens with one attached hydrogen (secondary N) is 2. The maximum absolute atomic E-state index is 11.9. The molecular formula is C19H22N4O. The highest BCUT2D eigenvalue weighted by molar-refractivity contribution is 5.80.